The molecule has 0 amide bonds. The highest BCUT2D eigenvalue weighted by Crippen LogP contribution is 2.02. The van der Waals surface area contributed by atoms with Crippen molar-refractivity contribution in [2.24, 2.45) is 11.7 Å². The summed E-state index contributed by atoms with van der Waals surface area (Å²) in [5.41, 5.74) is 5.14. The van der Waals surface area contributed by atoms with Crippen LogP contribution in [0.5, 0.6) is 0 Å². The summed E-state index contributed by atoms with van der Waals surface area (Å²) in [4.78, 5) is 20.9. The number of carbonyl (C=O) groups excluding carboxylic acids is 1. The number of rotatable bonds is 3. The summed E-state index contributed by atoms with van der Waals surface area (Å²) < 4.78 is 4.30. The van der Waals surface area contributed by atoms with Crippen molar-refractivity contribution < 1.29 is 19.4 Å². The molecule has 0 heterocycles. The molecule has 0 rings (SSSR count). The third-order valence-electron chi connectivity index (χ3n) is 1.40. The summed E-state index contributed by atoms with van der Waals surface area (Å²) in [7, 11) is 1.19. The molecule has 5 heteroatoms. The van der Waals surface area contributed by atoms with Crippen molar-refractivity contribution in [3.05, 3.63) is 0 Å². The maximum Gasteiger partial charge on any atom is 0.321 e. The Morgan fingerprint density at radius 3 is 2.27 bits per heavy atom. The molecule has 2 atom stereocenters. The fourth-order valence-corrected chi connectivity index (χ4v) is 0.546. The van der Waals surface area contributed by atoms with E-state index in [0.717, 1.165) is 0 Å². The molecule has 0 spiro atoms. The van der Waals surface area contributed by atoms with E-state index >= 15 is 0 Å². The Labute approximate surface area is 64.1 Å². The minimum absolute atomic E-state index is 0.611. The second-order valence-electron chi connectivity index (χ2n) is 2.18. The van der Waals surface area contributed by atoms with E-state index in [0.29, 0.717) is 0 Å². The Balaban J connectivity index is 4.12. The van der Waals surface area contributed by atoms with Crippen LogP contribution in [0.4, 0.5) is 0 Å². The smallest absolute Gasteiger partial charge is 0.321 e. The lowest BCUT2D eigenvalue weighted by Gasteiger charge is -2.12. The Morgan fingerprint density at radius 2 is 2.00 bits per heavy atom. The van der Waals surface area contributed by atoms with Crippen LogP contribution in [0.25, 0.3) is 0 Å². The Morgan fingerprint density at radius 1 is 1.55 bits per heavy atom. The predicted octanol–water partition coefficient (Wildman–Crippen LogP) is -0.793. The van der Waals surface area contributed by atoms with Gasteiger partial charge < -0.3 is 15.6 Å². The van der Waals surface area contributed by atoms with Gasteiger partial charge in [-0.3, -0.25) is 9.59 Å². The maximum absolute atomic E-state index is 10.7. The summed E-state index contributed by atoms with van der Waals surface area (Å²) >= 11 is 0. The average Bonchev–Trinajstić information content (AvgIpc) is 2.00. The van der Waals surface area contributed by atoms with E-state index in [9.17, 15) is 9.59 Å². The predicted molar refractivity (Wildman–Crippen MR) is 36.8 cm³/mol. The second kappa shape index (κ2) is 3.92. The van der Waals surface area contributed by atoms with Crippen molar-refractivity contribution in [2.75, 3.05) is 7.11 Å². The van der Waals surface area contributed by atoms with Gasteiger partial charge in [-0.25, -0.2) is 0 Å². The normalized spacial score (nSPS) is 15.2. The van der Waals surface area contributed by atoms with Crippen LogP contribution in [-0.4, -0.2) is 30.2 Å². The van der Waals surface area contributed by atoms with Gasteiger partial charge in [0.15, 0.2) is 0 Å². The number of hydrogen-bond donors (Lipinski definition) is 2. The molecule has 0 aromatic carbocycles. The number of nitrogens with two attached hydrogens (primary N) is 1. The van der Waals surface area contributed by atoms with Crippen molar-refractivity contribution in [1.29, 1.82) is 0 Å². The van der Waals surface area contributed by atoms with Crippen LogP contribution < -0.4 is 5.73 Å². The molecular weight excluding hydrogens is 150 g/mol. The molecule has 64 valence electrons. The first kappa shape index (κ1) is 9.90. The highest BCUT2D eigenvalue weighted by atomic mass is 16.5. The van der Waals surface area contributed by atoms with Crippen molar-refractivity contribution in [2.45, 2.75) is 13.0 Å². The largest absolute Gasteiger partial charge is 0.480 e. The van der Waals surface area contributed by atoms with Crippen LogP contribution in [0.2, 0.25) is 0 Å². The molecule has 0 aliphatic heterocycles. The molecule has 0 aliphatic carbocycles. The van der Waals surface area contributed by atoms with Gasteiger partial charge in [-0.05, 0) is 6.92 Å². The summed E-state index contributed by atoms with van der Waals surface area (Å²) in [5.74, 6) is -2.62. The zero-order chi connectivity index (χ0) is 9.02. The SMILES string of the molecule is COC(=O)[C@@H](C)[C@H](N)C(=O)O. The van der Waals surface area contributed by atoms with Gasteiger partial charge in [-0.2, -0.15) is 0 Å². The third-order valence-corrected chi connectivity index (χ3v) is 1.40. The molecule has 0 aliphatic rings. The minimum Gasteiger partial charge on any atom is -0.480 e. The van der Waals surface area contributed by atoms with E-state index in [1.807, 2.05) is 0 Å². The molecule has 0 aromatic rings. The van der Waals surface area contributed by atoms with Crippen molar-refractivity contribution in [3.8, 4) is 0 Å². The van der Waals surface area contributed by atoms with Gasteiger partial charge in [-0.15, -0.1) is 0 Å². The number of hydrogen-bond acceptors (Lipinski definition) is 4. The van der Waals surface area contributed by atoms with Crippen LogP contribution in [0, 0.1) is 5.92 Å². The van der Waals surface area contributed by atoms with Gasteiger partial charge in [0.05, 0.1) is 13.0 Å². The molecule has 0 aromatic heterocycles. The molecule has 0 saturated carbocycles. The Bertz CT molecular complexity index is 168. The highest BCUT2D eigenvalue weighted by Gasteiger charge is 2.26. The number of ether oxygens (including phenoxy) is 1. The summed E-state index contributed by atoms with van der Waals surface area (Å²) in [5, 5.41) is 8.36. The summed E-state index contributed by atoms with van der Waals surface area (Å²) in [6.45, 7) is 1.41. The lowest BCUT2D eigenvalue weighted by Crippen LogP contribution is -2.40. The zero-order valence-electron chi connectivity index (χ0n) is 6.40. The van der Waals surface area contributed by atoms with Crippen LogP contribution in [0.1, 0.15) is 6.92 Å². The zero-order valence-corrected chi connectivity index (χ0v) is 6.40. The lowest BCUT2D eigenvalue weighted by molar-refractivity contribution is -0.151. The first-order valence-corrected chi connectivity index (χ1v) is 3.07. The quantitative estimate of drug-likeness (QED) is 0.529. The molecule has 0 radical (unpaired) electrons. The van der Waals surface area contributed by atoms with E-state index in [1.54, 1.807) is 0 Å². The highest BCUT2D eigenvalue weighted by molar-refractivity contribution is 5.82. The fourth-order valence-electron chi connectivity index (χ4n) is 0.546. The molecule has 11 heavy (non-hydrogen) atoms. The molecule has 0 saturated heterocycles. The maximum atomic E-state index is 10.7. The van der Waals surface area contributed by atoms with Crippen LogP contribution >= 0.6 is 0 Å². The van der Waals surface area contributed by atoms with Crippen LogP contribution in [0.15, 0.2) is 0 Å². The Hall–Kier alpha value is -1.10. The number of methoxy groups -OCH3 is 1. The summed E-state index contributed by atoms with van der Waals surface area (Å²) in [6.07, 6.45) is 0. The molecule has 5 nitrogen and oxygen atoms in total. The Kier molecular flexibility index (Phi) is 3.53. The summed E-state index contributed by atoms with van der Waals surface area (Å²) in [6, 6.07) is -1.19. The van der Waals surface area contributed by atoms with E-state index in [1.165, 1.54) is 14.0 Å². The van der Waals surface area contributed by atoms with Crippen LogP contribution in [-0.2, 0) is 14.3 Å². The van der Waals surface area contributed by atoms with Gasteiger partial charge >= 0.3 is 11.9 Å². The van der Waals surface area contributed by atoms with Gasteiger partial charge in [0, 0.05) is 0 Å². The van der Waals surface area contributed by atoms with Gasteiger partial charge in [-0.1, -0.05) is 0 Å². The van der Waals surface area contributed by atoms with Crippen molar-refractivity contribution in [3.63, 3.8) is 0 Å². The number of carboxylic acids is 1. The fraction of sp³-hybridized carbons (Fsp3) is 0.667. The molecule has 0 bridgehead atoms. The first-order chi connectivity index (χ1) is 5.00. The number of aliphatic carboxylic acids is 1. The van der Waals surface area contributed by atoms with Crippen molar-refractivity contribution >= 4 is 11.9 Å². The van der Waals surface area contributed by atoms with Crippen molar-refractivity contribution in [1.82, 2.24) is 0 Å². The van der Waals surface area contributed by atoms with E-state index in [-0.39, 0.29) is 0 Å². The topological polar surface area (TPSA) is 89.6 Å². The molecule has 0 unspecified atom stereocenters. The first-order valence-electron chi connectivity index (χ1n) is 3.07. The van der Waals surface area contributed by atoms with E-state index in [4.69, 9.17) is 10.8 Å². The number of carboxylic acid groups (broad SMARTS) is 1. The standard InChI is InChI=1S/C6H11NO4/c1-3(6(10)11-2)4(7)5(8)9/h3-4H,7H2,1-2H3,(H,8,9)/t3-,4-/m0/s1. The second-order valence-corrected chi connectivity index (χ2v) is 2.18. The molecule has 3 N–H and O–H groups in total. The van der Waals surface area contributed by atoms with Gasteiger partial charge in [0.25, 0.3) is 0 Å². The van der Waals surface area contributed by atoms with E-state index < -0.39 is 23.9 Å². The minimum atomic E-state index is -1.21. The molecular formula is C6H11NO4. The number of carbonyl (C=O) groups is 2. The number of esters is 1. The monoisotopic (exact) mass is 161 g/mol. The third kappa shape index (κ3) is 2.55. The lowest BCUT2D eigenvalue weighted by atomic mass is 10.0. The molecule has 0 fully saturated rings. The van der Waals surface area contributed by atoms with E-state index in [2.05, 4.69) is 4.74 Å². The van der Waals surface area contributed by atoms with Gasteiger partial charge in [0.1, 0.15) is 6.04 Å². The van der Waals surface area contributed by atoms with Gasteiger partial charge in [0.2, 0.25) is 0 Å². The average molecular weight is 161 g/mol. The van der Waals surface area contributed by atoms with Crippen LogP contribution in [0.3, 0.4) is 0 Å².